The Morgan fingerprint density at radius 3 is 2.78 bits per heavy atom. The average molecular weight is 260 g/mol. The van der Waals surface area contributed by atoms with Crippen molar-refractivity contribution >= 4 is 27.4 Å². The van der Waals surface area contributed by atoms with E-state index >= 15 is 0 Å². The molecule has 0 bridgehead atoms. The summed E-state index contributed by atoms with van der Waals surface area (Å²) in [6, 6.07) is 7.73. The Kier molecular flexibility index (Phi) is 2.34. The lowest BCUT2D eigenvalue weighted by atomic mass is 10.3. The summed E-state index contributed by atoms with van der Waals surface area (Å²) in [6.07, 6.45) is 1.40. The van der Waals surface area contributed by atoms with Crippen LogP contribution in [0.1, 0.15) is 5.82 Å². The van der Waals surface area contributed by atoms with Gasteiger partial charge in [-0.1, -0.05) is 23.5 Å². The van der Waals surface area contributed by atoms with Crippen molar-refractivity contribution in [1.82, 2.24) is 14.5 Å². The normalized spacial score (nSPS) is 10.9. The molecule has 0 aliphatic carbocycles. The fraction of sp³-hybridized carbons (Fsp3) is 0.0909. The molecule has 0 atom stereocenters. The predicted octanol–water partition coefficient (Wildman–Crippen LogP) is 2.70. The van der Waals surface area contributed by atoms with Gasteiger partial charge in [0.05, 0.1) is 10.2 Å². The second-order valence-electron chi connectivity index (χ2n) is 3.74. The molecular weight excluding hydrogens is 252 g/mol. The van der Waals surface area contributed by atoms with Crippen molar-refractivity contribution in [3.05, 3.63) is 46.4 Å². The van der Waals surface area contributed by atoms with E-state index in [2.05, 4.69) is 9.97 Å². The summed E-state index contributed by atoms with van der Waals surface area (Å²) in [5.41, 5.74) is 0.883. The second kappa shape index (κ2) is 3.88. The van der Waals surface area contributed by atoms with Gasteiger partial charge in [0, 0.05) is 6.92 Å². The van der Waals surface area contributed by atoms with Crippen molar-refractivity contribution in [1.29, 1.82) is 0 Å². The van der Waals surface area contributed by atoms with Gasteiger partial charge in [-0.2, -0.15) is 0 Å². The van der Waals surface area contributed by atoms with E-state index in [4.69, 9.17) is 0 Å². The zero-order valence-electron chi connectivity index (χ0n) is 9.40. The molecule has 3 rings (SSSR count). The maximum Gasteiger partial charge on any atom is 0.382 e. The van der Waals surface area contributed by atoms with E-state index in [1.165, 1.54) is 17.5 Å². The highest BCUT2D eigenvalue weighted by atomic mass is 32.1. The minimum Gasteiger partial charge on any atom is -0.358 e. The molecule has 0 saturated carbocycles. The highest BCUT2D eigenvalue weighted by molar-refractivity contribution is 7.20. The van der Waals surface area contributed by atoms with Crippen LogP contribution in [0.15, 0.2) is 30.5 Å². The van der Waals surface area contributed by atoms with E-state index in [0.29, 0.717) is 11.0 Å². The van der Waals surface area contributed by atoms with Crippen LogP contribution in [0, 0.1) is 17.0 Å². The first-order valence-corrected chi connectivity index (χ1v) is 6.03. The summed E-state index contributed by atoms with van der Waals surface area (Å²) in [6.45, 7) is 1.72. The quantitative estimate of drug-likeness (QED) is 0.524. The molecule has 7 heteroatoms. The van der Waals surface area contributed by atoms with Gasteiger partial charge in [0.25, 0.3) is 0 Å². The molecule has 0 saturated heterocycles. The van der Waals surface area contributed by atoms with Gasteiger partial charge in [0.1, 0.15) is 6.20 Å². The van der Waals surface area contributed by atoms with Crippen LogP contribution >= 0.6 is 11.3 Å². The van der Waals surface area contributed by atoms with Gasteiger partial charge in [-0.05, 0) is 22.0 Å². The van der Waals surface area contributed by atoms with Crippen LogP contribution in [0.2, 0.25) is 0 Å². The Labute approximate surface area is 106 Å². The fourth-order valence-electron chi connectivity index (χ4n) is 1.70. The van der Waals surface area contributed by atoms with Crippen molar-refractivity contribution in [3.63, 3.8) is 0 Å². The molecule has 2 heterocycles. The first-order chi connectivity index (χ1) is 8.65. The molecule has 18 heavy (non-hydrogen) atoms. The number of benzene rings is 1. The lowest BCUT2D eigenvalue weighted by Gasteiger charge is -1.93. The van der Waals surface area contributed by atoms with Crippen LogP contribution in [-0.2, 0) is 0 Å². The molecule has 0 N–H and O–H groups in total. The molecule has 0 aliphatic rings. The third-order valence-electron chi connectivity index (χ3n) is 2.55. The third-order valence-corrected chi connectivity index (χ3v) is 3.58. The number of aromatic nitrogens is 3. The third kappa shape index (κ3) is 1.65. The largest absolute Gasteiger partial charge is 0.382 e. The van der Waals surface area contributed by atoms with Gasteiger partial charge in [-0.25, -0.2) is 4.98 Å². The predicted molar refractivity (Wildman–Crippen MR) is 68.1 cm³/mol. The molecule has 0 unspecified atom stereocenters. The molecule has 6 nitrogen and oxygen atoms in total. The number of fused-ring (bicyclic) bond motifs is 1. The van der Waals surface area contributed by atoms with Gasteiger partial charge in [0.2, 0.25) is 5.82 Å². The van der Waals surface area contributed by atoms with Gasteiger partial charge < -0.3 is 10.1 Å². The van der Waals surface area contributed by atoms with E-state index in [0.717, 1.165) is 10.2 Å². The number of aryl methyl sites for hydroxylation is 1. The van der Waals surface area contributed by atoms with Gasteiger partial charge in [0.15, 0.2) is 5.13 Å². The van der Waals surface area contributed by atoms with Crippen molar-refractivity contribution in [2.75, 3.05) is 0 Å². The van der Waals surface area contributed by atoms with Gasteiger partial charge in [-0.3, -0.25) is 4.57 Å². The Morgan fingerprint density at radius 2 is 2.11 bits per heavy atom. The number of imidazole rings is 1. The Bertz CT molecular complexity index is 713. The number of hydrogen-bond acceptors (Lipinski definition) is 5. The van der Waals surface area contributed by atoms with Crippen molar-refractivity contribution in [2.24, 2.45) is 0 Å². The highest BCUT2D eigenvalue weighted by Crippen LogP contribution is 2.26. The Hall–Kier alpha value is -2.28. The summed E-state index contributed by atoms with van der Waals surface area (Å²) in [7, 11) is 0. The number of hydrogen-bond donors (Lipinski definition) is 0. The zero-order chi connectivity index (χ0) is 12.7. The minimum absolute atomic E-state index is 0.160. The van der Waals surface area contributed by atoms with Crippen molar-refractivity contribution < 1.29 is 4.92 Å². The number of rotatable bonds is 2. The topological polar surface area (TPSA) is 73.8 Å². The van der Waals surface area contributed by atoms with E-state index in [-0.39, 0.29) is 5.82 Å². The van der Waals surface area contributed by atoms with Crippen LogP contribution in [0.25, 0.3) is 15.3 Å². The van der Waals surface area contributed by atoms with Crippen molar-refractivity contribution in [2.45, 2.75) is 6.92 Å². The van der Waals surface area contributed by atoms with Crippen molar-refractivity contribution in [3.8, 4) is 5.13 Å². The molecule has 0 fully saturated rings. The highest BCUT2D eigenvalue weighted by Gasteiger charge is 2.18. The molecule has 0 spiro atoms. The monoisotopic (exact) mass is 260 g/mol. The summed E-state index contributed by atoms with van der Waals surface area (Å²) >= 11 is 1.48. The van der Waals surface area contributed by atoms with Crippen LogP contribution in [0.5, 0.6) is 0 Å². The number of nitro groups is 1. The molecule has 90 valence electrons. The van der Waals surface area contributed by atoms with Crippen LogP contribution in [-0.4, -0.2) is 19.5 Å². The average Bonchev–Trinajstić information content (AvgIpc) is 2.91. The summed E-state index contributed by atoms with van der Waals surface area (Å²) in [5.74, 6) is 0.396. The molecule has 1 aromatic carbocycles. The van der Waals surface area contributed by atoms with E-state index in [1.54, 1.807) is 11.5 Å². The zero-order valence-corrected chi connectivity index (χ0v) is 10.2. The summed E-state index contributed by atoms with van der Waals surface area (Å²) < 4.78 is 2.69. The lowest BCUT2D eigenvalue weighted by molar-refractivity contribution is -0.389. The molecule has 3 aromatic rings. The van der Waals surface area contributed by atoms with Crippen LogP contribution in [0.4, 0.5) is 5.82 Å². The first kappa shape index (κ1) is 10.8. The van der Waals surface area contributed by atoms with E-state index in [1.807, 2.05) is 24.3 Å². The minimum atomic E-state index is -0.503. The smallest absolute Gasteiger partial charge is 0.358 e. The maximum absolute atomic E-state index is 10.7. The summed E-state index contributed by atoms with van der Waals surface area (Å²) in [4.78, 5) is 18.5. The maximum atomic E-state index is 10.7. The van der Waals surface area contributed by atoms with Crippen LogP contribution in [0.3, 0.4) is 0 Å². The molecule has 2 aromatic heterocycles. The standard InChI is InChI=1S/C11H8N4O2S/c1-7-12-10(15(16)17)6-14(7)11-13-8-4-2-3-5-9(8)18-11/h2-6H,1H3. The SMILES string of the molecule is Cc1nc([N+](=O)[O-])cn1-c1nc2ccccc2s1. The molecule has 0 radical (unpaired) electrons. The second-order valence-corrected chi connectivity index (χ2v) is 4.75. The van der Waals surface area contributed by atoms with Gasteiger partial charge in [-0.15, -0.1) is 0 Å². The molecule has 0 aliphatic heterocycles. The summed E-state index contributed by atoms with van der Waals surface area (Å²) in [5, 5.41) is 11.4. The molecular formula is C11H8N4O2S. The van der Waals surface area contributed by atoms with E-state index < -0.39 is 4.92 Å². The Morgan fingerprint density at radius 1 is 1.33 bits per heavy atom. The Balaban J connectivity index is 2.16. The van der Waals surface area contributed by atoms with Gasteiger partial charge >= 0.3 is 5.82 Å². The fourth-order valence-corrected chi connectivity index (χ4v) is 2.69. The number of thiazole rings is 1. The van der Waals surface area contributed by atoms with Crippen LogP contribution < -0.4 is 0 Å². The number of nitrogens with zero attached hydrogens (tertiary/aromatic N) is 4. The number of para-hydroxylation sites is 1. The van der Waals surface area contributed by atoms with E-state index in [9.17, 15) is 10.1 Å². The molecule has 0 amide bonds. The first-order valence-electron chi connectivity index (χ1n) is 5.21. The lowest BCUT2D eigenvalue weighted by Crippen LogP contribution is -1.93.